The molecule has 0 aliphatic carbocycles. The Morgan fingerprint density at radius 2 is 2.00 bits per heavy atom. The van der Waals surface area contributed by atoms with Gasteiger partial charge in [0.1, 0.15) is 5.78 Å². The van der Waals surface area contributed by atoms with Crippen molar-refractivity contribution in [3.63, 3.8) is 0 Å². The van der Waals surface area contributed by atoms with Gasteiger partial charge >= 0.3 is 0 Å². The summed E-state index contributed by atoms with van der Waals surface area (Å²) in [6.07, 6.45) is 3.64. The Balaban J connectivity index is 3.56. The second-order valence-corrected chi connectivity index (χ2v) is 3.46. The van der Waals surface area contributed by atoms with E-state index in [1.165, 1.54) is 6.92 Å². The van der Waals surface area contributed by atoms with Crippen LogP contribution >= 0.6 is 0 Å². The number of hydrogen-bond donors (Lipinski definition) is 1. The molecular formula is C10H20O2. The molecule has 2 nitrogen and oxygen atoms in total. The summed E-state index contributed by atoms with van der Waals surface area (Å²) < 4.78 is 0. The van der Waals surface area contributed by atoms with Crippen molar-refractivity contribution in [1.29, 1.82) is 0 Å². The van der Waals surface area contributed by atoms with Gasteiger partial charge in [0.2, 0.25) is 0 Å². The van der Waals surface area contributed by atoms with Gasteiger partial charge in [0.05, 0.1) is 6.10 Å². The molecule has 2 atom stereocenters. The lowest BCUT2D eigenvalue weighted by Crippen LogP contribution is -2.23. The van der Waals surface area contributed by atoms with E-state index in [0.717, 1.165) is 25.7 Å². The Hall–Kier alpha value is -0.370. The molecule has 0 unspecified atom stereocenters. The number of unbranched alkanes of at least 4 members (excludes halogenated alkanes) is 2. The maximum Gasteiger partial charge on any atom is 0.135 e. The molecule has 0 fully saturated rings. The van der Waals surface area contributed by atoms with Gasteiger partial charge in [-0.1, -0.05) is 33.1 Å². The van der Waals surface area contributed by atoms with Crippen LogP contribution in [0, 0.1) is 5.92 Å². The van der Waals surface area contributed by atoms with Crippen molar-refractivity contribution in [3.8, 4) is 0 Å². The van der Waals surface area contributed by atoms with Crippen LogP contribution in [0.2, 0.25) is 0 Å². The van der Waals surface area contributed by atoms with E-state index < -0.39 is 6.10 Å². The van der Waals surface area contributed by atoms with Crippen LogP contribution in [0.1, 0.15) is 46.5 Å². The summed E-state index contributed by atoms with van der Waals surface area (Å²) in [5, 5.41) is 9.49. The number of carbonyl (C=O) groups excluding carboxylic acids is 1. The zero-order valence-corrected chi connectivity index (χ0v) is 8.34. The first-order chi connectivity index (χ1) is 5.59. The van der Waals surface area contributed by atoms with Crippen LogP contribution in [0.4, 0.5) is 0 Å². The number of carbonyl (C=O) groups is 1. The third kappa shape index (κ3) is 4.50. The molecule has 0 bridgehead atoms. The monoisotopic (exact) mass is 172 g/mol. The first-order valence-electron chi connectivity index (χ1n) is 4.78. The SMILES string of the molecule is CCCCC[C@@H](O)[C@H](C)C(C)=O. The van der Waals surface area contributed by atoms with E-state index in [1.807, 2.05) is 0 Å². The maximum atomic E-state index is 10.9. The number of rotatable bonds is 6. The molecule has 1 N–H and O–H groups in total. The lowest BCUT2D eigenvalue weighted by Gasteiger charge is -2.15. The number of hydrogen-bond acceptors (Lipinski definition) is 2. The van der Waals surface area contributed by atoms with Crippen molar-refractivity contribution in [2.45, 2.75) is 52.6 Å². The van der Waals surface area contributed by atoms with Crippen LogP contribution in [0.3, 0.4) is 0 Å². The summed E-state index contributed by atoms with van der Waals surface area (Å²) in [5.41, 5.74) is 0. The zero-order chi connectivity index (χ0) is 9.56. The highest BCUT2D eigenvalue weighted by atomic mass is 16.3. The Morgan fingerprint density at radius 1 is 1.42 bits per heavy atom. The molecule has 0 aromatic heterocycles. The minimum absolute atomic E-state index is 0.0824. The van der Waals surface area contributed by atoms with Gasteiger partial charge in [-0.15, -0.1) is 0 Å². The summed E-state index contributed by atoms with van der Waals surface area (Å²) >= 11 is 0. The molecule has 0 aromatic carbocycles. The van der Waals surface area contributed by atoms with E-state index in [-0.39, 0.29) is 11.7 Å². The van der Waals surface area contributed by atoms with Crippen molar-refractivity contribution >= 4 is 5.78 Å². The maximum absolute atomic E-state index is 10.9. The average Bonchev–Trinajstić information content (AvgIpc) is 2.03. The second-order valence-electron chi connectivity index (χ2n) is 3.46. The Labute approximate surface area is 75.0 Å². The summed E-state index contributed by atoms with van der Waals surface area (Å²) in [6, 6.07) is 0. The zero-order valence-electron chi connectivity index (χ0n) is 8.34. The number of aliphatic hydroxyl groups is 1. The Bertz CT molecular complexity index is 132. The molecule has 0 heterocycles. The number of ketones is 1. The largest absolute Gasteiger partial charge is 0.392 e. The summed E-state index contributed by atoms with van der Waals surface area (Å²) in [6.45, 7) is 5.45. The first-order valence-corrected chi connectivity index (χ1v) is 4.78. The van der Waals surface area contributed by atoms with Crippen molar-refractivity contribution in [2.24, 2.45) is 5.92 Å². The van der Waals surface area contributed by atoms with E-state index in [9.17, 15) is 9.90 Å². The van der Waals surface area contributed by atoms with E-state index in [4.69, 9.17) is 0 Å². The number of aliphatic hydroxyl groups excluding tert-OH is 1. The van der Waals surface area contributed by atoms with Gasteiger partial charge in [-0.3, -0.25) is 4.79 Å². The van der Waals surface area contributed by atoms with E-state index in [1.54, 1.807) is 6.92 Å². The normalized spacial score (nSPS) is 15.7. The molecule has 2 heteroatoms. The highest BCUT2D eigenvalue weighted by Gasteiger charge is 2.17. The third-order valence-corrected chi connectivity index (χ3v) is 2.32. The predicted molar refractivity (Wildman–Crippen MR) is 50.0 cm³/mol. The smallest absolute Gasteiger partial charge is 0.135 e. The van der Waals surface area contributed by atoms with Crippen LogP contribution in [-0.2, 0) is 4.79 Å². The highest BCUT2D eigenvalue weighted by molar-refractivity contribution is 5.78. The fourth-order valence-electron chi connectivity index (χ4n) is 1.12. The Kier molecular flexibility index (Phi) is 5.99. The van der Waals surface area contributed by atoms with Crippen LogP contribution in [0.5, 0.6) is 0 Å². The van der Waals surface area contributed by atoms with Gasteiger partial charge < -0.3 is 5.11 Å². The van der Waals surface area contributed by atoms with Gasteiger partial charge in [-0.2, -0.15) is 0 Å². The molecule has 0 saturated carbocycles. The van der Waals surface area contributed by atoms with E-state index >= 15 is 0 Å². The molecule has 0 amide bonds. The fraction of sp³-hybridized carbons (Fsp3) is 0.900. The molecule has 0 rings (SSSR count). The van der Waals surface area contributed by atoms with Gasteiger partial charge in [-0.05, 0) is 13.3 Å². The van der Waals surface area contributed by atoms with Crippen molar-refractivity contribution in [3.05, 3.63) is 0 Å². The molecule has 0 saturated heterocycles. The van der Waals surface area contributed by atoms with Crippen LogP contribution in [0.25, 0.3) is 0 Å². The second kappa shape index (κ2) is 6.18. The van der Waals surface area contributed by atoms with Gasteiger partial charge in [-0.25, -0.2) is 0 Å². The first kappa shape index (κ1) is 11.6. The minimum Gasteiger partial charge on any atom is -0.392 e. The molecule has 12 heavy (non-hydrogen) atoms. The van der Waals surface area contributed by atoms with Gasteiger partial charge in [0, 0.05) is 5.92 Å². The summed E-state index contributed by atoms with van der Waals surface area (Å²) in [7, 11) is 0. The molecule has 0 radical (unpaired) electrons. The third-order valence-electron chi connectivity index (χ3n) is 2.32. The summed E-state index contributed by atoms with van der Waals surface area (Å²) in [4.78, 5) is 10.9. The Morgan fingerprint density at radius 3 is 2.42 bits per heavy atom. The standard InChI is InChI=1S/C10H20O2/c1-4-5-6-7-10(12)8(2)9(3)11/h8,10,12H,4-7H2,1-3H3/t8-,10-/m1/s1. The topological polar surface area (TPSA) is 37.3 Å². The van der Waals surface area contributed by atoms with Crippen molar-refractivity contribution in [1.82, 2.24) is 0 Å². The number of Topliss-reactive ketones (excluding diaryl/α,β-unsaturated/α-hetero) is 1. The van der Waals surface area contributed by atoms with Gasteiger partial charge in [0.25, 0.3) is 0 Å². The quantitative estimate of drug-likeness (QED) is 0.623. The molecule has 0 aromatic rings. The highest BCUT2D eigenvalue weighted by Crippen LogP contribution is 2.12. The van der Waals surface area contributed by atoms with Crippen LogP contribution in [0.15, 0.2) is 0 Å². The lowest BCUT2D eigenvalue weighted by molar-refractivity contribution is -0.123. The van der Waals surface area contributed by atoms with E-state index in [0.29, 0.717) is 0 Å². The molecule has 0 aliphatic rings. The molecular weight excluding hydrogens is 152 g/mol. The van der Waals surface area contributed by atoms with Gasteiger partial charge in [0.15, 0.2) is 0 Å². The van der Waals surface area contributed by atoms with Crippen molar-refractivity contribution in [2.75, 3.05) is 0 Å². The molecule has 0 spiro atoms. The van der Waals surface area contributed by atoms with Crippen molar-refractivity contribution < 1.29 is 9.90 Å². The van der Waals surface area contributed by atoms with Crippen LogP contribution in [-0.4, -0.2) is 17.0 Å². The molecule has 0 aliphatic heterocycles. The average molecular weight is 172 g/mol. The lowest BCUT2D eigenvalue weighted by atomic mass is 9.96. The van der Waals surface area contributed by atoms with E-state index in [2.05, 4.69) is 6.92 Å². The molecule has 72 valence electrons. The predicted octanol–water partition coefficient (Wildman–Crippen LogP) is 2.15. The summed E-state index contributed by atoms with van der Waals surface area (Å²) in [5.74, 6) is -0.110. The fourth-order valence-corrected chi connectivity index (χ4v) is 1.12. The van der Waals surface area contributed by atoms with Crippen LogP contribution < -0.4 is 0 Å². The minimum atomic E-state index is -0.436.